The SMILES string of the molecule is C=N[C@]1([C@H](C)CCC(=O)OC)CCC2C3CC=C4C[C@@H](OC(C)=O)CC[C@]4(C)C3CC[C@@]21C. The van der Waals surface area contributed by atoms with E-state index < -0.39 is 0 Å². The van der Waals surface area contributed by atoms with Gasteiger partial charge in [0.2, 0.25) is 0 Å². The number of carbonyl (C=O) groups excluding carboxylic acids is 2. The monoisotopic (exact) mass is 457 g/mol. The van der Waals surface area contributed by atoms with Gasteiger partial charge in [-0.15, -0.1) is 0 Å². The molecule has 5 heteroatoms. The first-order valence-electron chi connectivity index (χ1n) is 13.0. The predicted molar refractivity (Wildman–Crippen MR) is 130 cm³/mol. The molecule has 3 fully saturated rings. The topological polar surface area (TPSA) is 65.0 Å². The average Bonchev–Trinajstić information content (AvgIpc) is 3.10. The number of methoxy groups -OCH3 is 1. The van der Waals surface area contributed by atoms with Crippen molar-refractivity contribution in [2.75, 3.05) is 7.11 Å². The first kappa shape index (κ1) is 24.5. The highest BCUT2D eigenvalue weighted by Crippen LogP contribution is 2.69. The van der Waals surface area contributed by atoms with Gasteiger partial charge in [0.25, 0.3) is 0 Å². The Hall–Kier alpha value is -1.65. The Morgan fingerprint density at radius 2 is 1.91 bits per heavy atom. The summed E-state index contributed by atoms with van der Waals surface area (Å²) in [6.07, 6.45) is 12.6. The van der Waals surface area contributed by atoms with E-state index in [4.69, 9.17) is 14.5 Å². The minimum absolute atomic E-state index is 0.0481. The molecule has 3 unspecified atom stereocenters. The maximum atomic E-state index is 11.8. The number of ether oxygens (including phenoxy) is 2. The second-order valence-corrected chi connectivity index (χ2v) is 11.8. The molecule has 0 heterocycles. The maximum absolute atomic E-state index is 11.8. The van der Waals surface area contributed by atoms with Gasteiger partial charge in [0.1, 0.15) is 6.10 Å². The molecule has 0 radical (unpaired) electrons. The first-order valence-corrected chi connectivity index (χ1v) is 13.0. The third kappa shape index (κ3) is 3.78. The molecular weight excluding hydrogens is 414 g/mol. The van der Waals surface area contributed by atoms with Gasteiger partial charge in [-0.1, -0.05) is 32.4 Å². The van der Waals surface area contributed by atoms with E-state index in [9.17, 15) is 9.59 Å². The molecule has 33 heavy (non-hydrogen) atoms. The molecule has 0 amide bonds. The lowest BCUT2D eigenvalue weighted by Crippen LogP contribution is -2.56. The van der Waals surface area contributed by atoms with Gasteiger partial charge in [0.15, 0.2) is 0 Å². The van der Waals surface area contributed by atoms with Crippen molar-refractivity contribution in [1.29, 1.82) is 0 Å². The molecule has 0 saturated heterocycles. The fourth-order valence-electron chi connectivity index (χ4n) is 8.91. The Morgan fingerprint density at radius 1 is 1.18 bits per heavy atom. The van der Waals surface area contributed by atoms with Crippen LogP contribution in [0.5, 0.6) is 0 Å². The number of hydrogen-bond donors (Lipinski definition) is 0. The quantitative estimate of drug-likeness (QED) is 0.282. The van der Waals surface area contributed by atoms with Crippen LogP contribution >= 0.6 is 0 Å². The van der Waals surface area contributed by atoms with Crippen LogP contribution in [0.1, 0.15) is 91.9 Å². The summed E-state index contributed by atoms with van der Waals surface area (Å²) in [5.74, 6) is 2.03. The molecule has 4 rings (SSSR count). The molecule has 0 aromatic rings. The molecule has 0 bridgehead atoms. The van der Waals surface area contributed by atoms with Gasteiger partial charge in [-0.2, -0.15) is 0 Å². The lowest BCUT2D eigenvalue weighted by atomic mass is 9.46. The van der Waals surface area contributed by atoms with Gasteiger partial charge in [-0.25, -0.2) is 0 Å². The number of fused-ring (bicyclic) bond motifs is 5. The van der Waals surface area contributed by atoms with Gasteiger partial charge >= 0.3 is 11.9 Å². The van der Waals surface area contributed by atoms with Crippen LogP contribution in [0.3, 0.4) is 0 Å². The van der Waals surface area contributed by atoms with Gasteiger partial charge in [-0.05, 0) is 92.6 Å². The standard InChI is InChI=1S/C28H43NO4/c1-18(7-10-25(31)32-6)28(29-5)16-13-24-22-9-8-20-17-21(33-19(2)30)11-14-26(20,3)23(22)12-15-27(24,28)4/h8,18,21-24H,5,7,9-17H2,1-4,6H3/t18-,21+,22?,23?,24?,26+,27+,28+/m1/s1. The highest BCUT2D eigenvalue weighted by molar-refractivity contribution is 5.69. The van der Waals surface area contributed by atoms with Crippen molar-refractivity contribution in [1.82, 2.24) is 0 Å². The van der Waals surface area contributed by atoms with Crippen molar-refractivity contribution in [3.8, 4) is 0 Å². The summed E-state index contributed by atoms with van der Waals surface area (Å²) in [5.41, 5.74) is 1.73. The van der Waals surface area contributed by atoms with Gasteiger partial charge in [0.05, 0.1) is 12.6 Å². The highest BCUT2D eigenvalue weighted by Gasteiger charge is 2.65. The summed E-state index contributed by atoms with van der Waals surface area (Å²) < 4.78 is 10.5. The Balaban J connectivity index is 1.56. The average molecular weight is 458 g/mol. The lowest BCUT2D eigenvalue weighted by Gasteiger charge is -2.60. The number of aliphatic imine (C=N–C) groups is 1. The highest BCUT2D eigenvalue weighted by atomic mass is 16.5. The Bertz CT molecular complexity index is 836. The molecule has 0 aliphatic heterocycles. The van der Waals surface area contributed by atoms with E-state index in [2.05, 4.69) is 33.6 Å². The van der Waals surface area contributed by atoms with E-state index in [-0.39, 0.29) is 34.4 Å². The molecule has 4 aliphatic rings. The lowest BCUT2D eigenvalue weighted by molar-refractivity contribution is -0.148. The molecule has 0 aromatic carbocycles. The van der Waals surface area contributed by atoms with Crippen LogP contribution in [0.4, 0.5) is 0 Å². The summed E-state index contributed by atoms with van der Waals surface area (Å²) in [4.78, 5) is 28.2. The van der Waals surface area contributed by atoms with Crippen molar-refractivity contribution in [2.45, 2.75) is 104 Å². The van der Waals surface area contributed by atoms with Crippen molar-refractivity contribution in [2.24, 2.45) is 39.5 Å². The van der Waals surface area contributed by atoms with Crippen molar-refractivity contribution >= 4 is 18.7 Å². The second-order valence-electron chi connectivity index (χ2n) is 11.8. The van der Waals surface area contributed by atoms with Crippen LogP contribution < -0.4 is 0 Å². The summed E-state index contributed by atoms with van der Waals surface area (Å²) in [7, 11) is 1.47. The van der Waals surface area contributed by atoms with Crippen LogP contribution in [0.15, 0.2) is 16.6 Å². The zero-order chi connectivity index (χ0) is 24.0. The summed E-state index contributed by atoms with van der Waals surface area (Å²) in [5, 5.41) is 0. The minimum Gasteiger partial charge on any atom is -0.469 e. The zero-order valence-electron chi connectivity index (χ0n) is 21.3. The zero-order valence-corrected chi connectivity index (χ0v) is 21.3. The summed E-state index contributed by atoms with van der Waals surface area (Å²) >= 11 is 0. The molecule has 5 nitrogen and oxygen atoms in total. The van der Waals surface area contributed by atoms with E-state index in [1.165, 1.54) is 38.9 Å². The van der Waals surface area contributed by atoms with Crippen molar-refractivity contribution in [3.63, 3.8) is 0 Å². The summed E-state index contributed by atoms with van der Waals surface area (Å²) in [6, 6.07) is 0. The van der Waals surface area contributed by atoms with Crippen molar-refractivity contribution in [3.05, 3.63) is 11.6 Å². The maximum Gasteiger partial charge on any atom is 0.305 e. The molecule has 184 valence electrons. The van der Waals surface area contributed by atoms with Crippen LogP contribution in [0, 0.1) is 34.5 Å². The molecule has 4 aliphatic carbocycles. The fraction of sp³-hybridized carbons (Fsp3) is 0.821. The van der Waals surface area contributed by atoms with E-state index in [0.29, 0.717) is 30.1 Å². The number of esters is 2. The molecule has 0 aromatic heterocycles. The first-order chi connectivity index (χ1) is 15.6. The summed E-state index contributed by atoms with van der Waals surface area (Å²) in [6.45, 7) is 12.9. The Kier molecular flexibility index (Phi) is 6.56. The fourth-order valence-corrected chi connectivity index (χ4v) is 8.91. The van der Waals surface area contributed by atoms with Crippen molar-refractivity contribution < 1.29 is 19.1 Å². The molecule has 0 spiro atoms. The number of nitrogens with zero attached hydrogens (tertiary/aromatic N) is 1. The normalized spacial score (nSPS) is 42.8. The molecule has 0 N–H and O–H groups in total. The third-order valence-corrected chi connectivity index (χ3v) is 10.7. The smallest absolute Gasteiger partial charge is 0.305 e. The number of carbonyl (C=O) groups is 2. The third-order valence-electron chi connectivity index (χ3n) is 10.7. The Labute approximate surface area is 199 Å². The van der Waals surface area contributed by atoms with E-state index >= 15 is 0 Å². The van der Waals surface area contributed by atoms with E-state index in [1.54, 1.807) is 0 Å². The van der Waals surface area contributed by atoms with Gasteiger partial charge in [-0.3, -0.25) is 14.6 Å². The van der Waals surface area contributed by atoms with Crippen LogP contribution in [-0.2, 0) is 19.1 Å². The van der Waals surface area contributed by atoms with Crippen LogP contribution in [-0.4, -0.2) is 37.4 Å². The Morgan fingerprint density at radius 3 is 2.58 bits per heavy atom. The van der Waals surface area contributed by atoms with Crippen LogP contribution in [0.2, 0.25) is 0 Å². The largest absolute Gasteiger partial charge is 0.469 e. The molecular formula is C28H43NO4. The number of allylic oxidation sites excluding steroid dienone is 1. The minimum atomic E-state index is -0.160. The van der Waals surface area contributed by atoms with Gasteiger partial charge in [0, 0.05) is 19.8 Å². The van der Waals surface area contributed by atoms with Crippen LogP contribution in [0.25, 0.3) is 0 Å². The van der Waals surface area contributed by atoms with E-state index in [1.807, 2.05) is 0 Å². The van der Waals surface area contributed by atoms with E-state index in [0.717, 1.165) is 38.5 Å². The predicted octanol–water partition coefficient (Wildman–Crippen LogP) is 5.91. The molecule has 3 saturated carbocycles. The van der Waals surface area contributed by atoms with Gasteiger partial charge < -0.3 is 9.47 Å². The number of rotatable bonds is 6. The second kappa shape index (κ2) is 8.85. The molecule has 8 atom stereocenters. The number of hydrogen-bond acceptors (Lipinski definition) is 5.